The van der Waals surface area contributed by atoms with Crippen LogP contribution in [0.1, 0.15) is 49.4 Å². The Hall–Kier alpha value is -3.98. The molecule has 0 heterocycles. The average molecular weight is 457 g/mol. The minimum Gasteiger partial charge on any atom is -0.493 e. The summed E-state index contributed by atoms with van der Waals surface area (Å²) in [7, 11) is 0. The van der Waals surface area contributed by atoms with Crippen LogP contribution in [0.25, 0.3) is 0 Å². The first-order chi connectivity index (χ1) is 16.5. The van der Waals surface area contributed by atoms with Crippen LogP contribution in [0, 0.1) is 17.2 Å². The highest BCUT2D eigenvalue weighted by molar-refractivity contribution is 5.73. The summed E-state index contributed by atoms with van der Waals surface area (Å²) in [5.41, 5.74) is 2.25. The van der Waals surface area contributed by atoms with Gasteiger partial charge in [-0.25, -0.2) is 0 Å². The van der Waals surface area contributed by atoms with Gasteiger partial charge in [0.1, 0.15) is 29.6 Å². The zero-order valence-corrected chi connectivity index (χ0v) is 19.4. The molecule has 0 spiro atoms. The van der Waals surface area contributed by atoms with Gasteiger partial charge in [0.05, 0.1) is 24.3 Å². The van der Waals surface area contributed by atoms with E-state index >= 15 is 0 Å². The van der Waals surface area contributed by atoms with E-state index in [1.807, 2.05) is 67.6 Å². The van der Waals surface area contributed by atoms with Crippen molar-refractivity contribution in [1.82, 2.24) is 5.32 Å². The van der Waals surface area contributed by atoms with Crippen LogP contribution in [-0.2, 0) is 11.4 Å². The molecule has 1 aliphatic rings. The molecule has 174 valence electrons. The summed E-state index contributed by atoms with van der Waals surface area (Å²) in [5.74, 6) is 3.32. The zero-order chi connectivity index (χ0) is 23.9. The minimum absolute atomic E-state index is 0.0705. The first kappa shape index (κ1) is 23.2. The topological polar surface area (TPSA) is 80.6 Å². The minimum atomic E-state index is -0.0743. The molecule has 6 heteroatoms. The molecular formula is C28H28N2O4. The number of rotatable bonds is 10. The number of carbonyl (C=O) groups excluding carboxylic acids is 1. The lowest BCUT2D eigenvalue weighted by Crippen LogP contribution is -2.23. The molecule has 4 rings (SSSR count). The molecular weight excluding hydrogens is 428 g/mol. The summed E-state index contributed by atoms with van der Waals surface area (Å²) < 4.78 is 17.7. The van der Waals surface area contributed by atoms with Crippen molar-refractivity contribution in [2.45, 2.75) is 39.3 Å². The highest BCUT2D eigenvalue weighted by Crippen LogP contribution is 2.31. The number of amides is 1. The Balaban J connectivity index is 1.36. The van der Waals surface area contributed by atoms with Crippen molar-refractivity contribution in [3.63, 3.8) is 0 Å². The summed E-state index contributed by atoms with van der Waals surface area (Å²) in [6.45, 7) is 4.43. The van der Waals surface area contributed by atoms with E-state index in [2.05, 4.69) is 11.4 Å². The predicted octanol–water partition coefficient (Wildman–Crippen LogP) is 5.92. The molecule has 1 fully saturated rings. The van der Waals surface area contributed by atoms with Crippen molar-refractivity contribution in [2.24, 2.45) is 5.92 Å². The number of carbonyl (C=O) groups is 1. The van der Waals surface area contributed by atoms with Gasteiger partial charge >= 0.3 is 0 Å². The zero-order valence-electron chi connectivity index (χ0n) is 19.4. The molecule has 1 unspecified atom stereocenters. The number of nitriles is 1. The molecule has 0 saturated heterocycles. The van der Waals surface area contributed by atoms with E-state index in [9.17, 15) is 10.1 Å². The van der Waals surface area contributed by atoms with Gasteiger partial charge in [0.25, 0.3) is 0 Å². The molecule has 3 aromatic carbocycles. The average Bonchev–Trinajstić information content (AvgIpc) is 3.66. The van der Waals surface area contributed by atoms with E-state index < -0.39 is 0 Å². The monoisotopic (exact) mass is 456 g/mol. The summed E-state index contributed by atoms with van der Waals surface area (Å²) in [6.07, 6.45) is 2.48. The Morgan fingerprint density at radius 1 is 1.00 bits per heavy atom. The highest BCUT2D eigenvalue weighted by Gasteiger charge is 2.21. The summed E-state index contributed by atoms with van der Waals surface area (Å²) in [4.78, 5) is 11.2. The van der Waals surface area contributed by atoms with Crippen LogP contribution >= 0.6 is 0 Å². The fourth-order valence-electron chi connectivity index (χ4n) is 3.51. The van der Waals surface area contributed by atoms with Gasteiger partial charge in [0.15, 0.2) is 0 Å². The molecule has 1 saturated carbocycles. The fourth-order valence-corrected chi connectivity index (χ4v) is 3.51. The smallest absolute Gasteiger partial charge is 0.217 e. The van der Waals surface area contributed by atoms with Gasteiger partial charge in [-0.1, -0.05) is 24.3 Å². The highest BCUT2D eigenvalue weighted by atomic mass is 16.5. The summed E-state index contributed by atoms with van der Waals surface area (Å²) in [5, 5.41) is 12.5. The summed E-state index contributed by atoms with van der Waals surface area (Å²) >= 11 is 0. The molecule has 1 atom stereocenters. The number of hydrogen-bond donors (Lipinski definition) is 1. The van der Waals surface area contributed by atoms with Gasteiger partial charge in [-0.05, 0) is 67.6 Å². The Morgan fingerprint density at radius 3 is 2.41 bits per heavy atom. The van der Waals surface area contributed by atoms with Crippen LogP contribution in [0.15, 0.2) is 66.7 Å². The SMILES string of the molecule is CC(=O)NC(C)c1ccc(OCc2ccc(Oc3cccc(OCC4CC4)c3)cc2C#N)cc1. The van der Waals surface area contributed by atoms with Gasteiger partial charge in [0, 0.05) is 18.6 Å². The molecule has 0 radical (unpaired) electrons. The number of benzene rings is 3. The fraction of sp³-hybridized carbons (Fsp3) is 0.286. The summed E-state index contributed by atoms with van der Waals surface area (Å²) in [6, 6.07) is 22.6. The Kier molecular flexibility index (Phi) is 7.34. The Bertz CT molecular complexity index is 1180. The van der Waals surface area contributed by atoms with Gasteiger partial charge in [-0.3, -0.25) is 4.79 Å². The van der Waals surface area contributed by atoms with Crippen molar-refractivity contribution in [3.05, 3.63) is 83.4 Å². The molecule has 6 nitrogen and oxygen atoms in total. The number of nitrogens with zero attached hydrogens (tertiary/aromatic N) is 1. The van der Waals surface area contributed by atoms with E-state index in [4.69, 9.17) is 14.2 Å². The molecule has 0 bridgehead atoms. The molecule has 34 heavy (non-hydrogen) atoms. The predicted molar refractivity (Wildman–Crippen MR) is 129 cm³/mol. The van der Waals surface area contributed by atoms with E-state index in [0.29, 0.717) is 28.7 Å². The lowest BCUT2D eigenvalue weighted by Gasteiger charge is -2.14. The first-order valence-corrected chi connectivity index (χ1v) is 11.4. The van der Waals surface area contributed by atoms with E-state index in [1.54, 1.807) is 6.07 Å². The third-order valence-corrected chi connectivity index (χ3v) is 5.62. The number of ether oxygens (including phenoxy) is 3. The third kappa shape index (κ3) is 6.52. The molecule has 1 N–H and O–H groups in total. The third-order valence-electron chi connectivity index (χ3n) is 5.62. The maximum absolute atomic E-state index is 11.2. The number of hydrogen-bond acceptors (Lipinski definition) is 5. The van der Waals surface area contributed by atoms with E-state index in [1.165, 1.54) is 19.8 Å². The first-order valence-electron chi connectivity index (χ1n) is 11.4. The Labute approximate surface area is 200 Å². The van der Waals surface area contributed by atoms with Gasteiger partial charge in [0.2, 0.25) is 5.91 Å². The maximum Gasteiger partial charge on any atom is 0.217 e. The normalized spacial score (nSPS) is 13.4. The molecule has 0 aliphatic heterocycles. The van der Waals surface area contributed by atoms with Gasteiger partial charge in [-0.15, -0.1) is 0 Å². The van der Waals surface area contributed by atoms with Crippen molar-refractivity contribution in [1.29, 1.82) is 5.26 Å². The lowest BCUT2D eigenvalue weighted by atomic mass is 10.1. The second kappa shape index (κ2) is 10.8. The van der Waals surface area contributed by atoms with Crippen LogP contribution in [0.3, 0.4) is 0 Å². The second-order valence-electron chi connectivity index (χ2n) is 8.54. The second-order valence-corrected chi connectivity index (χ2v) is 8.54. The van der Waals surface area contributed by atoms with Crippen LogP contribution in [0.5, 0.6) is 23.0 Å². The van der Waals surface area contributed by atoms with Crippen molar-refractivity contribution >= 4 is 5.91 Å². The van der Waals surface area contributed by atoms with Crippen LogP contribution in [0.2, 0.25) is 0 Å². The van der Waals surface area contributed by atoms with Crippen molar-refractivity contribution in [3.8, 4) is 29.1 Å². The van der Waals surface area contributed by atoms with E-state index in [-0.39, 0.29) is 18.6 Å². The van der Waals surface area contributed by atoms with Crippen LogP contribution < -0.4 is 19.5 Å². The van der Waals surface area contributed by atoms with Crippen molar-refractivity contribution in [2.75, 3.05) is 6.61 Å². The van der Waals surface area contributed by atoms with Gasteiger partial charge < -0.3 is 19.5 Å². The molecule has 0 aromatic heterocycles. The Morgan fingerprint density at radius 2 is 1.71 bits per heavy atom. The van der Waals surface area contributed by atoms with Crippen molar-refractivity contribution < 1.29 is 19.0 Å². The maximum atomic E-state index is 11.2. The van der Waals surface area contributed by atoms with E-state index in [0.717, 1.165) is 23.5 Å². The van der Waals surface area contributed by atoms with Crippen LogP contribution in [0.4, 0.5) is 0 Å². The molecule has 3 aromatic rings. The number of nitrogens with one attached hydrogen (secondary N) is 1. The van der Waals surface area contributed by atoms with Crippen LogP contribution in [-0.4, -0.2) is 12.5 Å². The largest absolute Gasteiger partial charge is 0.493 e. The van der Waals surface area contributed by atoms with Gasteiger partial charge in [-0.2, -0.15) is 5.26 Å². The molecule has 1 aliphatic carbocycles. The standard InChI is InChI=1S/C28H28N2O4/c1-19(30-20(2)31)22-8-11-25(12-9-22)33-18-23-10-13-28(14-24(23)16-29)34-27-5-3-4-26(15-27)32-17-21-6-7-21/h3-5,8-15,19,21H,6-7,17-18H2,1-2H3,(H,30,31). The quantitative estimate of drug-likeness (QED) is 0.410. The lowest BCUT2D eigenvalue weighted by molar-refractivity contribution is -0.119. The molecule has 1 amide bonds.